The number of nitrogens with zero attached hydrogens (tertiary/aromatic N) is 2. The van der Waals surface area contributed by atoms with E-state index in [2.05, 4.69) is 78.0 Å². The summed E-state index contributed by atoms with van der Waals surface area (Å²) in [5.41, 5.74) is 2.44. The molecular formula is C21H30N4O. The summed E-state index contributed by atoms with van der Waals surface area (Å²) >= 11 is 0. The van der Waals surface area contributed by atoms with Crippen LogP contribution in [-0.4, -0.2) is 23.7 Å². The van der Waals surface area contributed by atoms with E-state index in [9.17, 15) is 0 Å². The summed E-state index contributed by atoms with van der Waals surface area (Å²) in [7, 11) is 0. The molecule has 0 saturated heterocycles. The van der Waals surface area contributed by atoms with Crippen LogP contribution in [0.15, 0.2) is 45.9 Å². The van der Waals surface area contributed by atoms with Crippen LogP contribution in [0.4, 0.5) is 0 Å². The highest BCUT2D eigenvalue weighted by molar-refractivity contribution is 5.80. The third-order valence-corrected chi connectivity index (χ3v) is 5.06. The quantitative estimate of drug-likeness (QED) is 0.551. The molecule has 0 bridgehead atoms. The second-order valence-electron chi connectivity index (χ2n) is 6.93. The largest absolute Gasteiger partial charge is 0.359 e. The van der Waals surface area contributed by atoms with Gasteiger partial charge in [0.2, 0.25) is 0 Å². The molecule has 1 aliphatic rings. The number of aromatic nitrogens is 1. The Morgan fingerprint density at radius 1 is 1.23 bits per heavy atom. The maximum Gasteiger partial charge on any atom is 0.191 e. The number of rotatable bonds is 8. The van der Waals surface area contributed by atoms with Crippen LogP contribution in [0.2, 0.25) is 0 Å². The van der Waals surface area contributed by atoms with Gasteiger partial charge in [-0.3, -0.25) is 0 Å². The zero-order valence-electron chi connectivity index (χ0n) is 16.0. The Labute approximate surface area is 156 Å². The Hall–Kier alpha value is -2.30. The lowest BCUT2D eigenvalue weighted by Gasteiger charge is -2.10. The average molecular weight is 354 g/mol. The molecule has 5 heteroatoms. The monoisotopic (exact) mass is 354 g/mol. The van der Waals surface area contributed by atoms with Crippen LogP contribution in [0.25, 0.3) is 0 Å². The van der Waals surface area contributed by atoms with Crippen molar-refractivity contribution in [3.05, 3.63) is 53.4 Å². The summed E-state index contributed by atoms with van der Waals surface area (Å²) in [5.74, 6) is 2.71. The topological polar surface area (TPSA) is 62.5 Å². The minimum absolute atomic E-state index is 0.449. The molecule has 1 aliphatic carbocycles. The molecule has 2 unspecified atom stereocenters. The highest BCUT2D eigenvalue weighted by atomic mass is 16.5. The first kappa shape index (κ1) is 18.5. The van der Waals surface area contributed by atoms with E-state index in [1.165, 1.54) is 5.56 Å². The van der Waals surface area contributed by atoms with Crippen LogP contribution >= 0.6 is 0 Å². The molecule has 0 aliphatic heterocycles. The Bertz CT molecular complexity index is 706. The van der Waals surface area contributed by atoms with E-state index >= 15 is 0 Å². The van der Waals surface area contributed by atoms with E-state index in [0.717, 1.165) is 43.2 Å². The van der Waals surface area contributed by atoms with Gasteiger partial charge < -0.3 is 15.2 Å². The first-order valence-corrected chi connectivity index (χ1v) is 9.80. The van der Waals surface area contributed by atoms with Gasteiger partial charge in [-0.1, -0.05) is 49.3 Å². The van der Waals surface area contributed by atoms with Crippen LogP contribution in [0.3, 0.4) is 0 Å². The molecule has 3 rings (SSSR count). The molecule has 140 valence electrons. The van der Waals surface area contributed by atoms with Crippen LogP contribution in [0.5, 0.6) is 0 Å². The highest BCUT2D eigenvalue weighted by Gasteiger charge is 2.38. The number of hydrogen-bond donors (Lipinski definition) is 2. The number of guanidine groups is 1. The molecule has 2 aromatic rings. The van der Waals surface area contributed by atoms with E-state index in [4.69, 9.17) is 4.52 Å². The van der Waals surface area contributed by atoms with Crippen molar-refractivity contribution in [2.75, 3.05) is 6.54 Å². The molecule has 1 aromatic carbocycles. The molecule has 2 atom stereocenters. The lowest BCUT2D eigenvalue weighted by molar-refractivity contribution is 0.372. The van der Waals surface area contributed by atoms with Crippen molar-refractivity contribution in [1.29, 1.82) is 0 Å². The standard InChI is InChI=1S/C21H30N4O/c1-4-15(5-2)19-12-17(26-25-19)14-23-21(22-6-3)24-20-13-18(20)16-10-8-7-9-11-16/h7-12,15,18,20H,4-6,13-14H2,1-3H3,(H2,22,23,24). The smallest absolute Gasteiger partial charge is 0.191 e. The van der Waals surface area contributed by atoms with Gasteiger partial charge in [-0.25, -0.2) is 4.99 Å². The number of benzene rings is 1. The zero-order valence-corrected chi connectivity index (χ0v) is 16.0. The Morgan fingerprint density at radius 3 is 2.69 bits per heavy atom. The molecule has 0 radical (unpaired) electrons. The predicted octanol–water partition coefficient (Wildman–Crippen LogP) is 4.19. The fraction of sp³-hybridized carbons (Fsp3) is 0.524. The molecular weight excluding hydrogens is 324 g/mol. The summed E-state index contributed by atoms with van der Waals surface area (Å²) in [5, 5.41) is 11.1. The van der Waals surface area contributed by atoms with E-state index in [-0.39, 0.29) is 0 Å². The Kier molecular flexibility index (Phi) is 6.31. The molecule has 1 saturated carbocycles. The van der Waals surface area contributed by atoms with Crippen molar-refractivity contribution >= 4 is 5.96 Å². The lowest BCUT2D eigenvalue weighted by atomic mass is 9.99. The van der Waals surface area contributed by atoms with Gasteiger partial charge in [-0.15, -0.1) is 0 Å². The van der Waals surface area contributed by atoms with Gasteiger partial charge in [0.25, 0.3) is 0 Å². The number of aliphatic imine (C=N–C) groups is 1. The van der Waals surface area contributed by atoms with Crippen molar-refractivity contribution in [3.63, 3.8) is 0 Å². The second kappa shape index (κ2) is 8.88. The summed E-state index contributed by atoms with van der Waals surface area (Å²) in [6.07, 6.45) is 3.31. The van der Waals surface area contributed by atoms with Gasteiger partial charge >= 0.3 is 0 Å². The average Bonchev–Trinajstić information content (AvgIpc) is 3.28. The van der Waals surface area contributed by atoms with Gasteiger partial charge in [0.1, 0.15) is 6.54 Å². The van der Waals surface area contributed by atoms with Crippen LogP contribution in [-0.2, 0) is 6.54 Å². The van der Waals surface area contributed by atoms with Crippen LogP contribution in [0.1, 0.15) is 68.9 Å². The molecule has 2 N–H and O–H groups in total. The SMILES string of the molecule is CCNC(=NCc1cc(C(CC)CC)no1)NC1CC1c1ccccc1. The maximum absolute atomic E-state index is 5.48. The lowest BCUT2D eigenvalue weighted by Crippen LogP contribution is -2.39. The molecule has 5 nitrogen and oxygen atoms in total. The fourth-order valence-corrected chi connectivity index (χ4v) is 3.38. The number of hydrogen-bond acceptors (Lipinski definition) is 3. The van der Waals surface area contributed by atoms with E-state index in [1.807, 2.05) is 0 Å². The van der Waals surface area contributed by atoms with Crippen LogP contribution < -0.4 is 10.6 Å². The molecule has 0 spiro atoms. The predicted molar refractivity (Wildman–Crippen MR) is 105 cm³/mol. The van der Waals surface area contributed by atoms with E-state index in [0.29, 0.717) is 24.4 Å². The van der Waals surface area contributed by atoms with Crippen molar-refractivity contribution in [2.45, 2.75) is 64.5 Å². The van der Waals surface area contributed by atoms with Crippen molar-refractivity contribution in [1.82, 2.24) is 15.8 Å². The fourth-order valence-electron chi connectivity index (χ4n) is 3.38. The maximum atomic E-state index is 5.48. The molecule has 1 aromatic heterocycles. The molecule has 1 heterocycles. The minimum Gasteiger partial charge on any atom is -0.359 e. The summed E-state index contributed by atoms with van der Waals surface area (Å²) < 4.78 is 5.48. The second-order valence-corrected chi connectivity index (χ2v) is 6.93. The Balaban J connectivity index is 1.58. The summed E-state index contributed by atoms with van der Waals surface area (Å²) in [6.45, 7) is 7.80. The molecule has 1 fully saturated rings. The van der Waals surface area contributed by atoms with Gasteiger partial charge in [-0.2, -0.15) is 0 Å². The van der Waals surface area contributed by atoms with Gasteiger partial charge in [0.15, 0.2) is 11.7 Å². The first-order chi connectivity index (χ1) is 12.7. The van der Waals surface area contributed by atoms with E-state index < -0.39 is 0 Å². The third kappa shape index (κ3) is 4.65. The van der Waals surface area contributed by atoms with Crippen molar-refractivity contribution < 1.29 is 4.52 Å². The van der Waals surface area contributed by atoms with E-state index in [1.54, 1.807) is 0 Å². The normalized spacial score (nSPS) is 19.6. The summed E-state index contributed by atoms with van der Waals surface area (Å²) in [6, 6.07) is 13.2. The minimum atomic E-state index is 0.449. The Morgan fingerprint density at radius 2 is 2.00 bits per heavy atom. The van der Waals surface area contributed by atoms with Gasteiger partial charge in [-0.05, 0) is 31.7 Å². The number of nitrogens with one attached hydrogen (secondary N) is 2. The van der Waals surface area contributed by atoms with Gasteiger partial charge in [0.05, 0.1) is 5.69 Å². The highest BCUT2D eigenvalue weighted by Crippen LogP contribution is 2.40. The van der Waals surface area contributed by atoms with Crippen molar-refractivity contribution in [3.8, 4) is 0 Å². The molecule has 0 amide bonds. The van der Waals surface area contributed by atoms with Gasteiger partial charge in [0, 0.05) is 30.5 Å². The third-order valence-electron chi connectivity index (χ3n) is 5.06. The summed E-state index contributed by atoms with van der Waals surface area (Å²) in [4.78, 5) is 4.68. The van der Waals surface area contributed by atoms with Crippen molar-refractivity contribution in [2.24, 2.45) is 4.99 Å². The first-order valence-electron chi connectivity index (χ1n) is 9.80. The zero-order chi connectivity index (χ0) is 18.4. The molecule has 26 heavy (non-hydrogen) atoms. The van der Waals surface area contributed by atoms with Crippen LogP contribution in [0, 0.1) is 0 Å².